The lowest BCUT2D eigenvalue weighted by molar-refractivity contribution is 0.0904. The Hall–Kier alpha value is -1.15. The molecule has 0 saturated heterocycles. The average Bonchev–Trinajstić information content (AvgIpc) is 2.38. The Morgan fingerprint density at radius 3 is 2.39 bits per heavy atom. The van der Waals surface area contributed by atoms with Gasteiger partial charge in [-0.2, -0.15) is 0 Å². The molecule has 0 atom stereocenters. The number of unbranched alkanes of at least 4 members (excludes halogenated alkanes) is 2. The van der Waals surface area contributed by atoms with E-state index in [4.69, 9.17) is 0 Å². The van der Waals surface area contributed by atoms with Gasteiger partial charge in [0.2, 0.25) is 0 Å². The second kappa shape index (κ2) is 8.04. The number of rotatable bonds is 8. The van der Waals surface area contributed by atoms with Crippen LogP contribution in [0.3, 0.4) is 0 Å². The second-order valence-electron chi connectivity index (χ2n) is 5.06. The number of hydrogen-bond acceptors (Lipinski definition) is 2. The first kappa shape index (κ1) is 14.9. The van der Waals surface area contributed by atoms with Crippen molar-refractivity contribution >= 4 is 5.78 Å². The molecule has 0 heterocycles. The topological polar surface area (TPSA) is 20.3 Å². The lowest BCUT2D eigenvalue weighted by atomic mass is 10.1. The SMILES string of the molecule is CCCCCN(CC(=O)c1ccccc1)C(C)C. The van der Waals surface area contributed by atoms with Gasteiger partial charge in [0.1, 0.15) is 0 Å². The van der Waals surface area contributed by atoms with Gasteiger partial charge >= 0.3 is 0 Å². The van der Waals surface area contributed by atoms with Gasteiger partial charge in [-0.1, -0.05) is 50.1 Å². The summed E-state index contributed by atoms with van der Waals surface area (Å²) in [5.74, 6) is 0.223. The van der Waals surface area contributed by atoms with Crippen molar-refractivity contribution in [3.63, 3.8) is 0 Å². The molecule has 100 valence electrons. The highest BCUT2D eigenvalue weighted by Crippen LogP contribution is 2.07. The third-order valence-corrected chi connectivity index (χ3v) is 3.22. The Balaban J connectivity index is 2.53. The Bertz CT molecular complexity index is 345. The summed E-state index contributed by atoms with van der Waals surface area (Å²) in [6.45, 7) is 8.07. The standard InChI is InChI=1S/C16H25NO/c1-4-5-9-12-17(14(2)3)13-16(18)15-10-7-6-8-11-15/h6-8,10-11,14H,4-5,9,12-13H2,1-3H3. The summed E-state index contributed by atoms with van der Waals surface area (Å²) in [6.07, 6.45) is 3.64. The van der Waals surface area contributed by atoms with Crippen molar-refractivity contribution in [2.75, 3.05) is 13.1 Å². The average molecular weight is 247 g/mol. The zero-order chi connectivity index (χ0) is 13.4. The molecule has 0 aliphatic heterocycles. The lowest BCUT2D eigenvalue weighted by Gasteiger charge is -2.25. The van der Waals surface area contributed by atoms with E-state index in [2.05, 4.69) is 25.7 Å². The molecule has 1 aromatic rings. The Morgan fingerprint density at radius 1 is 1.17 bits per heavy atom. The van der Waals surface area contributed by atoms with Gasteiger partial charge in [-0.3, -0.25) is 9.69 Å². The van der Waals surface area contributed by atoms with Crippen LogP contribution in [-0.2, 0) is 0 Å². The number of ketones is 1. The van der Waals surface area contributed by atoms with Crippen LogP contribution in [0.25, 0.3) is 0 Å². The van der Waals surface area contributed by atoms with E-state index in [1.807, 2.05) is 30.3 Å². The number of nitrogens with zero attached hydrogens (tertiary/aromatic N) is 1. The largest absolute Gasteiger partial charge is 0.293 e. The fraction of sp³-hybridized carbons (Fsp3) is 0.562. The highest BCUT2D eigenvalue weighted by molar-refractivity contribution is 5.97. The summed E-state index contributed by atoms with van der Waals surface area (Å²) in [7, 11) is 0. The van der Waals surface area contributed by atoms with E-state index in [-0.39, 0.29) is 5.78 Å². The van der Waals surface area contributed by atoms with Crippen LogP contribution in [0.1, 0.15) is 50.4 Å². The molecule has 0 spiro atoms. The van der Waals surface area contributed by atoms with Crippen LogP contribution >= 0.6 is 0 Å². The highest BCUT2D eigenvalue weighted by Gasteiger charge is 2.14. The summed E-state index contributed by atoms with van der Waals surface area (Å²) in [5.41, 5.74) is 0.818. The third-order valence-electron chi connectivity index (χ3n) is 3.22. The first-order valence-electron chi connectivity index (χ1n) is 6.97. The molecular weight excluding hydrogens is 222 g/mol. The summed E-state index contributed by atoms with van der Waals surface area (Å²) >= 11 is 0. The zero-order valence-corrected chi connectivity index (χ0v) is 11.9. The molecule has 0 aliphatic carbocycles. The van der Waals surface area contributed by atoms with Crippen LogP contribution in [0.2, 0.25) is 0 Å². The van der Waals surface area contributed by atoms with Crippen molar-refractivity contribution in [1.29, 1.82) is 0 Å². The first-order valence-corrected chi connectivity index (χ1v) is 6.97. The first-order chi connectivity index (χ1) is 8.65. The fourth-order valence-electron chi connectivity index (χ4n) is 1.98. The quantitative estimate of drug-likeness (QED) is 0.515. The van der Waals surface area contributed by atoms with Gasteiger partial charge < -0.3 is 0 Å². The fourth-order valence-corrected chi connectivity index (χ4v) is 1.98. The number of carbonyl (C=O) groups excluding carboxylic acids is 1. The van der Waals surface area contributed by atoms with E-state index in [0.717, 1.165) is 12.1 Å². The van der Waals surface area contributed by atoms with E-state index in [1.165, 1.54) is 19.3 Å². The molecule has 2 nitrogen and oxygen atoms in total. The molecule has 0 fully saturated rings. The summed E-state index contributed by atoms with van der Waals surface area (Å²) in [5, 5.41) is 0. The molecule has 1 rings (SSSR count). The summed E-state index contributed by atoms with van der Waals surface area (Å²) in [6, 6.07) is 10.0. The Kier molecular flexibility index (Phi) is 6.66. The van der Waals surface area contributed by atoms with Crippen LogP contribution < -0.4 is 0 Å². The van der Waals surface area contributed by atoms with Gasteiger partial charge in [0, 0.05) is 11.6 Å². The highest BCUT2D eigenvalue weighted by atomic mass is 16.1. The Morgan fingerprint density at radius 2 is 1.83 bits per heavy atom. The number of Topliss-reactive ketones (excluding diaryl/α,β-unsaturated/α-hetero) is 1. The number of carbonyl (C=O) groups is 1. The molecule has 0 unspecified atom stereocenters. The van der Waals surface area contributed by atoms with Crippen molar-refractivity contribution in [2.45, 2.75) is 46.1 Å². The van der Waals surface area contributed by atoms with Gasteiger partial charge in [0.05, 0.1) is 6.54 Å². The molecule has 1 aromatic carbocycles. The molecule has 0 N–H and O–H groups in total. The van der Waals surface area contributed by atoms with Crippen molar-refractivity contribution < 1.29 is 4.79 Å². The molecule has 0 aromatic heterocycles. The van der Waals surface area contributed by atoms with Crippen LogP contribution in [0.4, 0.5) is 0 Å². The minimum absolute atomic E-state index is 0.223. The maximum Gasteiger partial charge on any atom is 0.176 e. The molecule has 18 heavy (non-hydrogen) atoms. The maximum atomic E-state index is 12.2. The summed E-state index contributed by atoms with van der Waals surface area (Å²) < 4.78 is 0. The smallest absolute Gasteiger partial charge is 0.176 e. The summed E-state index contributed by atoms with van der Waals surface area (Å²) in [4.78, 5) is 14.4. The number of hydrogen-bond donors (Lipinski definition) is 0. The van der Waals surface area contributed by atoms with Gasteiger partial charge in [-0.25, -0.2) is 0 Å². The third kappa shape index (κ3) is 5.01. The van der Waals surface area contributed by atoms with Gasteiger partial charge in [0.25, 0.3) is 0 Å². The minimum atomic E-state index is 0.223. The molecule has 0 saturated carbocycles. The molecule has 0 amide bonds. The Labute approximate surface area is 111 Å². The van der Waals surface area contributed by atoms with Crippen LogP contribution in [0.15, 0.2) is 30.3 Å². The van der Waals surface area contributed by atoms with E-state index in [0.29, 0.717) is 12.6 Å². The molecule has 2 heteroatoms. The van der Waals surface area contributed by atoms with Gasteiger partial charge in [-0.05, 0) is 26.8 Å². The van der Waals surface area contributed by atoms with Crippen LogP contribution in [-0.4, -0.2) is 29.8 Å². The molecule has 0 radical (unpaired) electrons. The van der Waals surface area contributed by atoms with Crippen molar-refractivity contribution in [3.8, 4) is 0 Å². The van der Waals surface area contributed by atoms with Crippen molar-refractivity contribution in [3.05, 3.63) is 35.9 Å². The lowest BCUT2D eigenvalue weighted by Crippen LogP contribution is -2.36. The second-order valence-corrected chi connectivity index (χ2v) is 5.06. The normalized spacial score (nSPS) is 11.2. The maximum absolute atomic E-state index is 12.2. The van der Waals surface area contributed by atoms with Gasteiger partial charge in [-0.15, -0.1) is 0 Å². The minimum Gasteiger partial charge on any atom is -0.293 e. The van der Waals surface area contributed by atoms with E-state index < -0.39 is 0 Å². The number of benzene rings is 1. The monoisotopic (exact) mass is 247 g/mol. The predicted octanol–water partition coefficient (Wildman–Crippen LogP) is 3.77. The van der Waals surface area contributed by atoms with E-state index >= 15 is 0 Å². The molecule has 0 bridgehead atoms. The van der Waals surface area contributed by atoms with E-state index in [1.54, 1.807) is 0 Å². The molecule has 0 aliphatic rings. The van der Waals surface area contributed by atoms with Crippen molar-refractivity contribution in [2.24, 2.45) is 0 Å². The zero-order valence-electron chi connectivity index (χ0n) is 11.9. The van der Waals surface area contributed by atoms with Crippen LogP contribution in [0.5, 0.6) is 0 Å². The van der Waals surface area contributed by atoms with E-state index in [9.17, 15) is 4.79 Å². The van der Waals surface area contributed by atoms with Crippen LogP contribution in [0, 0.1) is 0 Å². The van der Waals surface area contributed by atoms with Crippen molar-refractivity contribution in [1.82, 2.24) is 4.90 Å². The molecular formula is C16H25NO. The van der Waals surface area contributed by atoms with Gasteiger partial charge in [0.15, 0.2) is 5.78 Å². The predicted molar refractivity (Wildman–Crippen MR) is 77.0 cm³/mol.